The zero-order chi connectivity index (χ0) is 38.5. The van der Waals surface area contributed by atoms with Gasteiger partial charge in [-0.05, 0) is 71.7 Å². The molecule has 0 aliphatic carbocycles. The van der Waals surface area contributed by atoms with Gasteiger partial charge in [-0.25, -0.2) is 0 Å². The Hall–Kier alpha value is -3.73. The molecule has 8 rings (SSSR count). The molecule has 0 radical (unpaired) electrons. The minimum absolute atomic E-state index is 0.0453. The highest BCUT2D eigenvalue weighted by molar-refractivity contribution is 6.74. The Labute approximate surface area is 321 Å². The highest BCUT2D eigenvalue weighted by atomic mass is 28.4. The number of amides is 4. The van der Waals surface area contributed by atoms with Crippen LogP contribution in [0.5, 0.6) is 0 Å². The van der Waals surface area contributed by atoms with Crippen LogP contribution in [0.25, 0.3) is 11.1 Å². The van der Waals surface area contributed by atoms with Gasteiger partial charge in [0.1, 0.15) is 35.6 Å². The Bertz CT molecular complexity index is 1770. The highest BCUT2D eigenvalue weighted by Gasteiger charge is 2.66. The third-order valence-electron chi connectivity index (χ3n) is 14.3. The topological polar surface area (TPSA) is 124 Å². The van der Waals surface area contributed by atoms with E-state index in [0.29, 0.717) is 12.8 Å². The Morgan fingerprint density at radius 1 is 0.611 bits per heavy atom. The number of carbonyl (C=O) groups excluding carboxylic acids is 4. The highest BCUT2D eigenvalue weighted by Crippen LogP contribution is 2.58. The molecule has 0 spiro atoms. The number of likely N-dealkylation sites (N-methyl/N-ethyl adjacent to an activating group) is 2. The molecule has 54 heavy (non-hydrogen) atoms. The molecule has 12 nitrogen and oxygen atoms in total. The van der Waals surface area contributed by atoms with Crippen molar-refractivity contribution in [3.63, 3.8) is 0 Å². The van der Waals surface area contributed by atoms with E-state index in [4.69, 9.17) is 8.85 Å². The number of anilines is 2. The fourth-order valence-electron chi connectivity index (χ4n) is 10.7. The SMILES string of the molecule is CC[Si](CC)(CC)O[C@]12C[C@H]3C(=O)N(C)CC(=O)N3[C@H]1Nc1ccc(-c3ccc4c(c3)[C@@]3(O[Si](CC)(CC)CC)C[C@H]5C(=O)N(C)CC(=O)N5[C@H]3N4)cc12. The Morgan fingerprint density at radius 2 is 0.963 bits per heavy atom. The number of rotatable bonds is 11. The normalized spacial score (nSPS) is 29.9. The van der Waals surface area contributed by atoms with Crippen LogP contribution in [0.1, 0.15) is 65.5 Å². The second kappa shape index (κ2) is 12.9. The molecule has 2 aromatic rings. The maximum atomic E-state index is 13.7. The van der Waals surface area contributed by atoms with E-state index in [9.17, 15) is 19.2 Å². The largest absolute Gasteiger partial charge is 0.403 e. The maximum absolute atomic E-state index is 13.7. The smallest absolute Gasteiger partial charge is 0.245 e. The van der Waals surface area contributed by atoms with Crippen molar-refractivity contribution in [1.82, 2.24) is 19.6 Å². The minimum Gasteiger partial charge on any atom is -0.403 e. The molecule has 0 bridgehead atoms. The van der Waals surface area contributed by atoms with Crippen molar-refractivity contribution in [3.05, 3.63) is 47.5 Å². The second-order valence-corrected chi connectivity index (χ2v) is 25.9. The molecule has 4 amide bonds. The standard InChI is InChI=1S/C40H56N6O6Si2/c1-9-53(10-2,11-3)51-39-21-31-35(49)43(7)23-33(47)45(31)37(39)41-29-17-15-25(19-27(29)39)26-16-18-30-28(20-26)40(52-54(12-4,13-5)14-6)22-32-36(50)44(8)24-34(48)46(32)38(40)42-30/h15-20,31-32,37-38,41-42H,9-14,21-24H2,1-8H3/t31-,32-,37+,38+,39-,40-/m0/s1. The van der Waals surface area contributed by atoms with E-state index >= 15 is 0 Å². The molecule has 2 N–H and O–H groups in total. The zero-order valence-corrected chi connectivity index (χ0v) is 35.1. The summed E-state index contributed by atoms with van der Waals surface area (Å²) in [4.78, 5) is 61.2. The Balaban J connectivity index is 1.25. The first kappa shape index (κ1) is 37.2. The summed E-state index contributed by atoms with van der Waals surface area (Å²) >= 11 is 0. The van der Waals surface area contributed by atoms with Crippen LogP contribution in [0.4, 0.5) is 11.4 Å². The van der Waals surface area contributed by atoms with Gasteiger partial charge in [-0.3, -0.25) is 19.2 Å². The van der Waals surface area contributed by atoms with Crippen LogP contribution >= 0.6 is 0 Å². The first-order valence-corrected chi connectivity index (χ1v) is 25.2. The van der Waals surface area contributed by atoms with Crippen LogP contribution < -0.4 is 10.6 Å². The Morgan fingerprint density at radius 3 is 1.30 bits per heavy atom. The number of fused-ring (bicyclic) bond motifs is 10. The third kappa shape index (κ3) is 5.04. The van der Waals surface area contributed by atoms with Crippen LogP contribution in [-0.2, 0) is 39.2 Å². The molecule has 0 unspecified atom stereocenters. The molecule has 6 heterocycles. The molecular formula is C40H56N6O6Si2. The first-order valence-electron chi connectivity index (χ1n) is 20.1. The summed E-state index contributed by atoms with van der Waals surface area (Å²) in [5.41, 5.74) is 4.07. The number of hydrogen-bond acceptors (Lipinski definition) is 8. The number of hydrogen-bond donors (Lipinski definition) is 2. The lowest BCUT2D eigenvalue weighted by molar-refractivity contribution is -0.153. The van der Waals surface area contributed by atoms with Crippen molar-refractivity contribution < 1.29 is 28.0 Å². The molecule has 6 aliphatic rings. The lowest BCUT2D eigenvalue weighted by Crippen LogP contribution is -2.60. The van der Waals surface area contributed by atoms with E-state index in [-0.39, 0.29) is 36.7 Å². The molecular weight excluding hydrogens is 717 g/mol. The molecule has 4 fully saturated rings. The van der Waals surface area contributed by atoms with Crippen LogP contribution in [0.15, 0.2) is 36.4 Å². The van der Waals surface area contributed by atoms with E-state index in [1.807, 2.05) is 0 Å². The van der Waals surface area contributed by atoms with Crippen molar-refractivity contribution in [2.45, 2.75) is 126 Å². The van der Waals surface area contributed by atoms with E-state index in [2.05, 4.69) is 88.6 Å². The van der Waals surface area contributed by atoms with Gasteiger partial charge in [-0.1, -0.05) is 53.7 Å². The van der Waals surface area contributed by atoms with Gasteiger partial charge in [0.05, 0.1) is 13.1 Å². The molecule has 290 valence electrons. The fraction of sp³-hybridized carbons (Fsp3) is 0.600. The van der Waals surface area contributed by atoms with Gasteiger partial charge in [0, 0.05) is 49.4 Å². The maximum Gasteiger partial charge on any atom is 0.245 e. The van der Waals surface area contributed by atoms with Gasteiger partial charge in [0.15, 0.2) is 16.6 Å². The van der Waals surface area contributed by atoms with Crippen molar-refractivity contribution in [3.8, 4) is 11.1 Å². The molecule has 6 aliphatic heterocycles. The van der Waals surface area contributed by atoms with Crippen LogP contribution in [0.2, 0.25) is 36.3 Å². The summed E-state index contributed by atoms with van der Waals surface area (Å²) in [6.07, 6.45) is -0.141. The number of carbonyl (C=O) groups is 4. The predicted octanol–water partition coefficient (Wildman–Crippen LogP) is 5.44. The van der Waals surface area contributed by atoms with Gasteiger partial charge >= 0.3 is 0 Å². The second-order valence-electron chi connectivity index (χ2n) is 16.5. The summed E-state index contributed by atoms with van der Waals surface area (Å²) in [7, 11) is -1.10. The third-order valence-corrected chi connectivity index (χ3v) is 23.6. The summed E-state index contributed by atoms with van der Waals surface area (Å²) in [6.45, 7) is 13.4. The fourth-order valence-corrected chi connectivity index (χ4v) is 16.7. The Kier molecular flexibility index (Phi) is 8.90. The van der Waals surface area contributed by atoms with E-state index in [1.54, 1.807) is 33.7 Å². The minimum atomic E-state index is -2.26. The van der Waals surface area contributed by atoms with Gasteiger partial charge in [0.25, 0.3) is 0 Å². The molecule has 2 aromatic carbocycles. The van der Waals surface area contributed by atoms with Gasteiger partial charge in [-0.15, -0.1) is 0 Å². The van der Waals surface area contributed by atoms with E-state index < -0.39 is 52.3 Å². The van der Waals surface area contributed by atoms with E-state index in [0.717, 1.165) is 69.9 Å². The molecule has 0 aromatic heterocycles. The zero-order valence-electron chi connectivity index (χ0n) is 33.1. The molecule has 0 saturated carbocycles. The van der Waals surface area contributed by atoms with Crippen LogP contribution in [0.3, 0.4) is 0 Å². The average Bonchev–Trinajstić information content (AvgIpc) is 3.86. The van der Waals surface area contributed by atoms with Crippen molar-refractivity contribution in [2.75, 3.05) is 37.8 Å². The van der Waals surface area contributed by atoms with Crippen LogP contribution in [-0.4, -0.2) is 111 Å². The van der Waals surface area contributed by atoms with Crippen molar-refractivity contribution >= 4 is 51.6 Å². The van der Waals surface area contributed by atoms with Gasteiger partial charge in [-0.2, -0.15) is 0 Å². The molecule has 6 atom stereocenters. The number of benzene rings is 2. The summed E-state index contributed by atoms with van der Waals surface area (Å²) in [5, 5.41) is 7.34. The summed E-state index contributed by atoms with van der Waals surface area (Å²) in [5.74, 6) is -0.224. The van der Waals surface area contributed by atoms with Crippen molar-refractivity contribution in [2.24, 2.45) is 0 Å². The summed E-state index contributed by atoms with van der Waals surface area (Å²) in [6, 6.07) is 17.3. The number of nitrogens with zero attached hydrogens (tertiary/aromatic N) is 4. The predicted molar refractivity (Wildman–Crippen MR) is 212 cm³/mol. The van der Waals surface area contributed by atoms with E-state index in [1.165, 1.54) is 0 Å². The lowest BCUT2D eigenvalue weighted by Gasteiger charge is -2.42. The molecule has 14 heteroatoms. The number of piperazine rings is 2. The quantitative estimate of drug-likeness (QED) is 0.290. The number of nitrogens with one attached hydrogen (secondary N) is 2. The summed E-state index contributed by atoms with van der Waals surface area (Å²) < 4.78 is 15.1. The lowest BCUT2D eigenvalue weighted by atomic mass is 9.86. The van der Waals surface area contributed by atoms with Crippen LogP contribution in [0, 0.1) is 0 Å². The van der Waals surface area contributed by atoms with Gasteiger partial charge in [0.2, 0.25) is 23.6 Å². The van der Waals surface area contributed by atoms with Gasteiger partial charge < -0.3 is 39.1 Å². The molecule has 4 saturated heterocycles. The first-order chi connectivity index (χ1) is 25.8. The average molecular weight is 773 g/mol. The monoisotopic (exact) mass is 772 g/mol. The van der Waals surface area contributed by atoms with Crippen molar-refractivity contribution in [1.29, 1.82) is 0 Å².